The maximum Gasteiger partial charge on any atom is 0.182 e. The molecule has 3 nitrogen and oxygen atoms in total. The van der Waals surface area contributed by atoms with Crippen molar-refractivity contribution in [1.82, 2.24) is 9.55 Å². The molecule has 0 N–H and O–H groups in total. The van der Waals surface area contributed by atoms with Gasteiger partial charge in [-0.05, 0) is 26.0 Å². The topological polar surface area (TPSA) is 34.9 Å². The first-order valence-corrected chi connectivity index (χ1v) is 4.79. The highest BCUT2D eigenvalue weighted by atomic mass is 16.1. The molecule has 2 rings (SSSR count). The molecular weight excluding hydrogens is 188 g/mol. The van der Waals surface area contributed by atoms with Gasteiger partial charge in [-0.25, -0.2) is 0 Å². The zero-order valence-corrected chi connectivity index (χ0v) is 8.77. The molecular formula is C12H12N2O. The van der Waals surface area contributed by atoms with Crippen molar-refractivity contribution in [2.24, 2.45) is 0 Å². The van der Waals surface area contributed by atoms with Gasteiger partial charge in [0, 0.05) is 29.7 Å². The first-order chi connectivity index (χ1) is 7.18. The summed E-state index contributed by atoms with van der Waals surface area (Å²) in [6, 6.07) is 7.10. The van der Waals surface area contributed by atoms with Crippen molar-refractivity contribution in [1.29, 1.82) is 0 Å². The van der Waals surface area contributed by atoms with Crippen LogP contribution in [-0.2, 0) is 0 Å². The van der Waals surface area contributed by atoms with Crippen LogP contribution in [0, 0.1) is 13.8 Å². The van der Waals surface area contributed by atoms with Gasteiger partial charge in [-0.3, -0.25) is 9.78 Å². The zero-order valence-electron chi connectivity index (χ0n) is 8.77. The molecule has 0 unspecified atom stereocenters. The van der Waals surface area contributed by atoms with Gasteiger partial charge in [0.05, 0.1) is 11.9 Å². The molecule has 0 aliphatic heterocycles. The van der Waals surface area contributed by atoms with Crippen LogP contribution in [-0.4, -0.2) is 9.55 Å². The van der Waals surface area contributed by atoms with E-state index in [-0.39, 0.29) is 5.43 Å². The predicted octanol–water partition coefficient (Wildman–Crippen LogP) is 1.85. The summed E-state index contributed by atoms with van der Waals surface area (Å²) in [4.78, 5) is 15.3. The third-order valence-electron chi connectivity index (χ3n) is 2.31. The molecule has 15 heavy (non-hydrogen) atoms. The lowest BCUT2D eigenvalue weighted by Crippen LogP contribution is -2.11. The molecule has 0 aromatic carbocycles. The summed E-state index contributed by atoms with van der Waals surface area (Å²) >= 11 is 0. The van der Waals surface area contributed by atoms with Crippen LogP contribution in [0.3, 0.4) is 0 Å². The highest BCUT2D eigenvalue weighted by Gasteiger charge is 2.02. The Labute approximate surface area is 88.0 Å². The van der Waals surface area contributed by atoms with Gasteiger partial charge in [0.2, 0.25) is 0 Å². The maximum atomic E-state index is 11.3. The second-order valence-corrected chi connectivity index (χ2v) is 3.52. The molecule has 0 bridgehead atoms. The molecule has 0 radical (unpaired) electrons. The summed E-state index contributed by atoms with van der Waals surface area (Å²) in [5.74, 6) is 0. The van der Waals surface area contributed by atoms with E-state index in [1.165, 1.54) is 0 Å². The highest BCUT2D eigenvalue weighted by molar-refractivity contribution is 5.33. The number of aryl methyl sites for hydroxylation is 2. The summed E-state index contributed by atoms with van der Waals surface area (Å²) in [7, 11) is 0. The van der Waals surface area contributed by atoms with E-state index in [2.05, 4.69) is 4.98 Å². The number of hydrogen-bond acceptors (Lipinski definition) is 2. The molecule has 2 aromatic rings. The van der Waals surface area contributed by atoms with Gasteiger partial charge < -0.3 is 4.57 Å². The van der Waals surface area contributed by atoms with E-state index in [9.17, 15) is 4.79 Å². The summed E-state index contributed by atoms with van der Waals surface area (Å²) in [6.45, 7) is 3.84. The summed E-state index contributed by atoms with van der Waals surface area (Å²) in [5, 5.41) is 0. The van der Waals surface area contributed by atoms with Crippen LogP contribution in [0.15, 0.2) is 41.5 Å². The number of rotatable bonds is 1. The lowest BCUT2D eigenvalue weighted by molar-refractivity contribution is 0.915. The Balaban J connectivity index is 2.69. The standard InChI is InChI=1S/C12H12N2O/c1-9-6-12(15)7-10(2)14(9)11-4-3-5-13-8-11/h3-8H,1-2H3. The Morgan fingerprint density at radius 3 is 2.40 bits per heavy atom. The molecule has 0 saturated heterocycles. The Morgan fingerprint density at radius 2 is 1.87 bits per heavy atom. The molecule has 0 amide bonds. The average molecular weight is 200 g/mol. The molecule has 0 aliphatic rings. The van der Waals surface area contributed by atoms with Crippen molar-refractivity contribution < 1.29 is 0 Å². The van der Waals surface area contributed by atoms with Crippen molar-refractivity contribution in [2.75, 3.05) is 0 Å². The van der Waals surface area contributed by atoms with Crippen LogP contribution in [0.1, 0.15) is 11.4 Å². The van der Waals surface area contributed by atoms with E-state index in [0.29, 0.717) is 0 Å². The van der Waals surface area contributed by atoms with Crippen LogP contribution in [0.5, 0.6) is 0 Å². The lowest BCUT2D eigenvalue weighted by atomic mass is 10.2. The van der Waals surface area contributed by atoms with Crippen LogP contribution in [0.25, 0.3) is 5.69 Å². The molecule has 0 atom stereocenters. The summed E-state index contributed by atoms with van der Waals surface area (Å²) in [5.41, 5.74) is 2.87. The van der Waals surface area contributed by atoms with Gasteiger partial charge in [0.1, 0.15) is 0 Å². The van der Waals surface area contributed by atoms with E-state index in [4.69, 9.17) is 0 Å². The normalized spacial score (nSPS) is 10.3. The minimum atomic E-state index is 0.0464. The molecule has 2 aromatic heterocycles. The molecule has 0 fully saturated rings. The van der Waals surface area contributed by atoms with E-state index in [1.807, 2.05) is 30.5 Å². The molecule has 2 heterocycles. The van der Waals surface area contributed by atoms with Crippen molar-refractivity contribution in [3.8, 4) is 5.69 Å². The monoisotopic (exact) mass is 200 g/mol. The van der Waals surface area contributed by atoms with E-state index < -0.39 is 0 Å². The van der Waals surface area contributed by atoms with Gasteiger partial charge in [-0.15, -0.1) is 0 Å². The third kappa shape index (κ3) is 1.81. The first kappa shape index (κ1) is 9.65. The SMILES string of the molecule is Cc1cc(=O)cc(C)n1-c1cccnc1. The Kier molecular flexibility index (Phi) is 2.37. The molecule has 3 heteroatoms. The van der Waals surface area contributed by atoms with Crippen molar-refractivity contribution in [2.45, 2.75) is 13.8 Å². The van der Waals surface area contributed by atoms with Gasteiger partial charge in [0.15, 0.2) is 5.43 Å². The van der Waals surface area contributed by atoms with Gasteiger partial charge in [0.25, 0.3) is 0 Å². The quantitative estimate of drug-likeness (QED) is 0.704. The molecule has 76 valence electrons. The van der Waals surface area contributed by atoms with Crippen molar-refractivity contribution in [3.05, 3.63) is 58.3 Å². The van der Waals surface area contributed by atoms with Crippen molar-refractivity contribution >= 4 is 0 Å². The maximum absolute atomic E-state index is 11.3. The van der Waals surface area contributed by atoms with E-state index in [1.54, 1.807) is 24.5 Å². The zero-order chi connectivity index (χ0) is 10.8. The highest BCUT2D eigenvalue weighted by Crippen LogP contribution is 2.10. The van der Waals surface area contributed by atoms with Crippen LogP contribution in [0.4, 0.5) is 0 Å². The summed E-state index contributed by atoms with van der Waals surface area (Å²) < 4.78 is 2.01. The molecule has 0 aliphatic carbocycles. The Hall–Kier alpha value is -1.90. The molecule has 0 spiro atoms. The van der Waals surface area contributed by atoms with Crippen LogP contribution < -0.4 is 5.43 Å². The molecule has 0 saturated carbocycles. The number of hydrogen-bond donors (Lipinski definition) is 0. The minimum Gasteiger partial charge on any atom is -0.317 e. The number of aromatic nitrogens is 2. The minimum absolute atomic E-state index is 0.0464. The van der Waals surface area contributed by atoms with E-state index >= 15 is 0 Å². The van der Waals surface area contributed by atoms with Gasteiger partial charge in [-0.2, -0.15) is 0 Å². The lowest BCUT2D eigenvalue weighted by Gasteiger charge is -2.13. The van der Waals surface area contributed by atoms with Gasteiger partial charge in [-0.1, -0.05) is 0 Å². The smallest absolute Gasteiger partial charge is 0.182 e. The third-order valence-corrected chi connectivity index (χ3v) is 2.31. The van der Waals surface area contributed by atoms with Crippen LogP contribution in [0.2, 0.25) is 0 Å². The fraction of sp³-hybridized carbons (Fsp3) is 0.167. The fourth-order valence-electron chi connectivity index (χ4n) is 1.75. The second kappa shape index (κ2) is 3.69. The van der Waals surface area contributed by atoms with Crippen molar-refractivity contribution in [3.63, 3.8) is 0 Å². The Morgan fingerprint density at radius 1 is 1.20 bits per heavy atom. The predicted molar refractivity (Wildman–Crippen MR) is 59.3 cm³/mol. The largest absolute Gasteiger partial charge is 0.317 e. The van der Waals surface area contributed by atoms with Crippen LogP contribution >= 0.6 is 0 Å². The average Bonchev–Trinajstić information content (AvgIpc) is 2.17. The second-order valence-electron chi connectivity index (χ2n) is 3.52. The van der Waals surface area contributed by atoms with E-state index in [0.717, 1.165) is 17.1 Å². The number of nitrogens with zero attached hydrogens (tertiary/aromatic N) is 2. The number of pyridine rings is 2. The summed E-state index contributed by atoms with van der Waals surface area (Å²) in [6.07, 6.45) is 3.52. The first-order valence-electron chi connectivity index (χ1n) is 4.79. The fourth-order valence-corrected chi connectivity index (χ4v) is 1.75. The van der Waals surface area contributed by atoms with Gasteiger partial charge >= 0.3 is 0 Å². The Bertz CT molecular complexity index is 503.